The first-order chi connectivity index (χ1) is 6.81. The van der Waals surface area contributed by atoms with Crippen molar-refractivity contribution in [2.45, 2.75) is 6.04 Å². The number of carbonyl (C=O) groups excluding carboxylic acids is 1. The third-order valence-electron chi connectivity index (χ3n) is 2.04. The Bertz CT molecular complexity index is 336. The third kappa shape index (κ3) is 1.56. The normalized spacial score (nSPS) is 21.8. The first-order valence-electron chi connectivity index (χ1n) is 4.33. The maximum absolute atomic E-state index is 11.4. The molecule has 1 saturated heterocycles. The van der Waals surface area contributed by atoms with E-state index in [-0.39, 0.29) is 5.91 Å². The van der Waals surface area contributed by atoms with Crippen LogP contribution in [0.3, 0.4) is 0 Å². The number of rotatable bonds is 2. The van der Waals surface area contributed by atoms with Gasteiger partial charge in [0.25, 0.3) is 5.88 Å². The molecule has 6 nitrogen and oxygen atoms in total. The van der Waals surface area contributed by atoms with Crippen LogP contribution in [0.1, 0.15) is 11.8 Å². The molecule has 0 saturated carbocycles. The van der Waals surface area contributed by atoms with Gasteiger partial charge >= 0.3 is 0 Å². The van der Waals surface area contributed by atoms with Gasteiger partial charge in [-0.2, -0.15) is 0 Å². The summed E-state index contributed by atoms with van der Waals surface area (Å²) >= 11 is 0. The van der Waals surface area contributed by atoms with Gasteiger partial charge in [-0.05, 0) is 5.16 Å². The molecule has 2 N–H and O–H groups in total. The Hall–Kier alpha value is -1.56. The largest absolute Gasteiger partial charge is 0.479 e. The molecule has 1 aromatic rings. The Morgan fingerprint density at radius 2 is 2.50 bits per heavy atom. The van der Waals surface area contributed by atoms with Gasteiger partial charge in [-0.3, -0.25) is 10.1 Å². The highest BCUT2D eigenvalue weighted by molar-refractivity contribution is 5.83. The van der Waals surface area contributed by atoms with E-state index < -0.39 is 6.04 Å². The van der Waals surface area contributed by atoms with Crippen molar-refractivity contribution >= 4 is 5.91 Å². The highest BCUT2D eigenvalue weighted by Gasteiger charge is 2.27. The molecule has 2 heterocycles. The average Bonchev–Trinajstić information content (AvgIpc) is 2.67. The second-order valence-electron chi connectivity index (χ2n) is 2.95. The van der Waals surface area contributed by atoms with Crippen molar-refractivity contribution < 1.29 is 14.1 Å². The van der Waals surface area contributed by atoms with Gasteiger partial charge in [0.1, 0.15) is 6.04 Å². The molecule has 1 fully saturated rings. The SMILES string of the molecule is COc1cc(C2NCCNC2=O)on1. The fourth-order valence-electron chi connectivity index (χ4n) is 1.33. The number of nitrogens with zero attached hydrogens (tertiary/aromatic N) is 1. The second-order valence-corrected chi connectivity index (χ2v) is 2.95. The number of amides is 1. The van der Waals surface area contributed by atoms with Crippen molar-refractivity contribution in [3.05, 3.63) is 11.8 Å². The summed E-state index contributed by atoms with van der Waals surface area (Å²) in [5, 5.41) is 9.38. The molecule has 0 aromatic carbocycles. The number of carbonyl (C=O) groups is 1. The molecule has 0 radical (unpaired) electrons. The fourth-order valence-corrected chi connectivity index (χ4v) is 1.33. The van der Waals surface area contributed by atoms with Crippen LogP contribution in [-0.2, 0) is 4.79 Å². The van der Waals surface area contributed by atoms with Gasteiger partial charge in [0.15, 0.2) is 5.76 Å². The number of ether oxygens (including phenoxy) is 1. The first kappa shape index (κ1) is 9.01. The Labute approximate surface area is 80.6 Å². The van der Waals surface area contributed by atoms with E-state index >= 15 is 0 Å². The van der Waals surface area contributed by atoms with E-state index in [4.69, 9.17) is 9.26 Å². The van der Waals surface area contributed by atoms with E-state index in [0.717, 1.165) is 6.54 Å². The van der Waals surface area contributed by atoms with Crippen LogP contribution in [0.5, 0.6) is 5.88 Å². The summed E-state index contributed by atoms with van der Waals surface area (Å²) in [4.78, 5) is 11.4. The number of hydrogen-bond donors (Lipinski definition) is 2. The van der Waals surface area contributed by atoms with E-state index in [1.807, 2.05) is 0 Å². The summed E-state index contributed by atoms with van der Waals surface area (Å²) in [6.45, 7) is 1.36. The summed E-state index contributed by atoms with van der Waals surface area (Å²) < 4.78 is 9.82. The van der Waals surface area contributed by atoms with Crippen LogP contribution >= 0.6 is 0 Å². The molecule has 14 heavy (non-hydrogen) atoms. The predicted molar refractivity (Wildman–Crippen MR) is 46.8 cm³/mol. The van der Waals surface area contributed by atoms with Crippen molar-refractivity contribution in [1.82, 2.24) is 15.8 Å². The standard InChI is InChI=1S/C8H11N3O3/c1-13-6-4-5(14-11-6)7-8(12)10-3-2-9-7/h4,7,9H,2-3H2,1H3,(H,10,12). The molecule has 2 rings (SSSR count). The number of methoxy groups -OCH3 is 1. The zero-order valence-electron chi connectivity index (χ0n) is 7.74. The lowest BCUT2D eigenvalue weighted by Gasteiger charge is -2.20. The number of hydrogen-bond acceptors (Lipinski definition) is 5. The number of piperazine rings is 1. The lowest BCUT2D eigenvalue weighted by atomic mass is 10.2. The Balaban J connectivity index is 2.16. The molecule has 1 aliphatic rings. The highest BCUT2D eigenvalue weighted by Crippen LogP contribution is 2.19. The van der Waals surface area contributed by atoms with E-state index in [1.54, 1.807) is 6.07 Å². The minimum atomic E-state index is -0.458. The molecule has 1 amide bonds. The minimum Gasteiger partial charge on any atom is -0.479 e. The van der Waals surface area contributed by atoms with Crippen LogP contribution < -0.4 is 15.4 Å². The summed E-state index contributed by atoms with van der Waals surface area (Å²) in [5.74, 6) is 0.745. The summed E-state index contributed by atoms with van der Waals surface area (Å²) in [6, 6.07) is 1.14. The van der Waals surface area contributed by atoms with E-state index in [1.165, 1.54) is 7.11 Å². The zero-order chi connectivity index (χ0) is 9.97. The summed E-state index contributed by atoms with van der Waals surface area (Å²) in [6.07, 6.45) is 0. The molecule has 1 unspecified atom stereocenters. The van der Waals surface area contributed by atoms with Crippen molar-refractivity contribution in [2.24, 2.45) is 0 Å². The molecule has 0 spiro atoms. The molecule has 1 aromatic heterocycles. The van der Waals surface area contributed by atoms with E-state index in [9.17, 15) is 4.79 Å². The molecule has 1 atom stereocenters. The summed E-state index contributed by atoms with van der Waals surface area (Å²) in [5.41, 5.74) is 0. The monoisotopic (exact) mass is 197 g/mol. The van der Waals surface area contributed by atoms with E-state index in [2.05, 4.69) is 15.8 Å². The predicted octanol–water partition coefficient (Wildman–Crippen LogP) is -0.556. The lowest BCUT2D eigenvalue weighted by molar-refractivity contribution is -0.124. The van der Waals surface area contributed by atoms with Gasteiger partial charge in [-0.25, -0.2) is 0 Å². The topological polar surface area (TPSA) is 76.4 Å². The van der Waals surface area contributed by atoms with Crippen molar-refractivity contribution in [3.8, 4) is 5.88 Å². The van der Waals surface area contributed by atoms with Crippen LogP contribution in [0, 0.1) is 0 Å². The quantitative estimate of drug-likeness (QED) is 0.664. The Kier molecular flexibility index (Phi) is 2.36. The maximum atomic E-state index is 11.4. The van der Waals surface area contributed by atoms with Crippen molar-refractivity contribution in [3.63, 3.8) is 0 Å². The second kappa shape index (κ2) is 3.67. The Morgan fingerprint density at radius 3 is 3.14 bits per heavy atom. The van der Waals surface area contributed by atoms with Gasteiger partial charge in [0.05, 0.1) is 7.11 Å². The first-order valence-corrected chi connectivity index (χ1v) is 4.33. The highest BCUT2D eigenvalue weighted by atomic mass is 16.5. The molecule has 1 aliphatic heterocycles. The molecule has 0 bridgehead atoms. The van der Waals surface area contributed by atoms with Gasteiger partial charge in [-0.15, -0.1) is 0 Å². The lowest BCUT2D eigenvalue weighted by Crippen LogP contribution is -2.47. The van der Waals surface area contributed by atoms with Gasteiger partial charge in [0, 0.05) is 19.2 Å². The smallest absolute Gasteiger partial charge is 0.254 e. The van der Waals surface area contributed by atoms with Crippen LogP contribution in [-0.4, -0.2) is 31.3 Å². The van der Waals surface area contributed by atoms with E-state index in [0.29, 0.717) is 18.2 Å². The molecular formula is C8H11N3O3. The van der Waals surface area contributed by atoms with Crippen LogP contribution in [0.2, 0.25) is 0 Å². The van der Waals surface area contributed by atoms with Crippen LogP contribution in [0.4, 0.5) is 0 Å². The van der Waals surface area contributed by atoms with Crippen molar-refractivity contribution in [2.75, 3.05) is 20.2 Å². The van der Waals surface area contributed by atoms with Crippen molar-refractivity contribution in [1.29, 1.82) is 0 Å². The molecule has 6 heteroatoms. The van der Waals surface area contributed by atoms with Gasteiger partial charge < -0.3 is 14.6 Å². The summed E-state index contributed by atoms with van der Waals surface area (Å²) in [7, 11) is 1.50. The molecular weight excluding hydrogens is 186 g/mol. The van der Waals surface area contributed by atoms with Gasteiger partial charge in [-0.1, -0.05) is 0 Å². The Morgan fingerprint density at radius 1 is 1.64 bits per heavy atom. The fraction of sp³-hybridized carbons (Fsp3) is 0.500. The van der Waals surface area contributed by atoms with Crippen LogP contribution in [0.15, 0.2) is 10.6 Å². The minimum absolute atomic E-state index is 0.102. The van der Waals surface area contributed by atoms with Gasteiger partial charge in [0.2, 0.25) is 5.91 Å². The number of nitrogens with one attached hydrogen (secondary N) is 2. The zero-order valence-corrected chi connectivity index (χ0v) is 7.74. The molecule has 76 valence electrons. The third-order valence-corrected chi connectivity index (χ3v) is 2.04. The molecule has 0 aliphatic carbocycles. The maximum Gasteiger partial charge on any atom is 0.254 e. The average molecular weight is 197 g/mol. The number of aromatic nitrogens is 1. The van der Waals surface area contributed by atoms with Crippen LogP contribution in [0.25, 0.3) is 0 Å².